The number of anilines is 2. The molecule has 0 bridgehead atoms. The maximum Gasteiger partial charge on any atom is 0.142 e. The summed E-state index contributed by atoms with van der Waals surface area (Å²) >= 11 is 9.50. The van der Waals surface area contributed by atoms with Gasteiger partial charge < -0.3 is 9.80 Å². The fraction of sp³-hybridized carbons (Fsp3) is 0.267. The highest BCUT2D eigenvalue weighted by atomic mass is 79.9. The van der Waals surface area contributed by atoms with E-state index >= 15 is 0 Å². The third-order valence-corrected chi connectivity index (χ3v) is 4.38. The fourth-order valence-electron chi connectivity index (χ4n) is 2.44. The summed E-state index contributed by atoms with van der Waals surface area (Å²) in [6.45, 7) is 3.92. The molecule has 3 rings (SSSR count). The molecule has 1 aliphatic heterocycles. The number of benzene rings is 1. The smallest absolute Gasteiger partial charge is 0.142 e. The molecule has 0 unspecified atom stereocenters. The second kappa shape index (κ2) is 6.02. The van der Waals surface area contributed by atoms with Gasteiger partial charge in [0.2, 0.25) is 0 Å². The van der Waals surface area contributed by atoms with Crippen molar-refractivity contribution in [2.75, 3.05) is 36.0 Å². The van der Waals surface area contributed by atoms with E-state index < -0.39 is 0 Å². The molecular weight excluding hydrogens is 338 g/mol. The van der Waals surface area contributed by atoms with Crippen molar-refractivity contribution < 1.29 is 0 Å². The van der Waals surface area contributed by atoms with Gasteiger partial charge in [0.1, 0.15) is 5.82 Å². The standard InChI is InChI=1S/C15H15BrClN3/c16-14-2-1-7-18-15(14)20-10-8-19(9-11-20)13-5-3-12(17)4-6-13/h1-7H,8-11H2. The van der Waals surface area contributed by atoms with Crippen molar-refractivity contribution >= 4 is 39.0 Å². The van der Waals surface area contributed by atoms with E-state index in [2.05, 4.69) is 42.8 Å². The zero-order valence-corrected chi connectivity index (χ0v) is 13.3. The predicted molar refractivity (Wildman–Crippen MR) is 87.8 cm³/mol. The van der Waals surface area contributed by atoms with E-state index in [-0.39, 0.29) is 0 Å². The molecule has 0 spiro atoms. The third-order valence-electron chi connectivity index (χ3n) is 3.51. The molecule has 0 amide bonds. The maximum absolute atomic E-state index is 5.93. The molecule has 2 heterocycles. The molecular formula is C15H15BrClN3. The van der Waals surface area contributed by atoms with Gasteiger partial charge in [0, 0.05) is 43.1 Å². The number of hydrogen-bond acceptors (Lipinski definition) is 3. The van der Waals surface area contributed by atoms with Gasteiger partial charge in [0.25, 0.3) is 0 Å². The summed E-state index contributed by atoms with van der Waals surface area (Å²) in [6, 6.07) is 12.0. The molecule has 1 aliphatic rings. The quantitative estimate of drug-likeness (QED) is 0.819. The molecule has 104 valence electrons. The minimum atomic E-state index is 0.782. The Morgan fingerprint density at radius 1 is 0.950 bits per heavy atom. The molecule has 0 saturated carbocycles. The Morgan fingerprint density at radius 3 is 2.25 bits per heavy atom. The van der Waals surface area contributed by atoms with Crippen LogP contribution >= 0.6 is 27.5 Å². The normalized spacial score (nSPS) is 15.5. The van der Waals surface area contributed by atoms with Crippen molar-refractivity contribution in [3.05, 3.63) is 52.1 Å². The van der Waals surface area contributed by atoms with Gasteiger partial charge in [-0.25, -0.2) is 4.98 Å². The van der Waals surface area contributed by atoms with Gasteiger partial charge in [-0.05, 0) is 52.3 Å². The van der Waals surface area contributed by atoms with Gasteiger partial charge in [0.15, 0.2) is 0 Å². The molecule has 0 N–H and O–H groups in total. The summed E-state index contributed by atoms with van der Waals surface area (Å²) in [5.41, 5.74) is 1.23. The van der Waals surface area contributed by atoms with Crippen molar-refractivity contribution in [3.63, 3.8) is 0 Å². The number of aromatic nitrogens is 1. The SMILES string of the molecule is Clc1ccc(N2CCN(c3ncccc3Br)CC2)cc1. The summed E-state index contributed by atoms with van der Waals surface area (Å²) in [4.78, 5) is 9.15. The zero-order valence-electron chi connectivity index (χ0n) is 11.0. The van der Waals surface area contributed by atoms with E-state index in [1.807, 2.05) is 30.5 Å². The Morgan fingerprint density at radius 2 is 1.60 bits per heavy atom. The molecule has 3 nitrogen and oxygen atoms in total. The first-order valence-electron chi connectivity index (χ1n) is 6.60. The minimum absolute atomic E-state index is 0.782. The molecule has 2 aromatic rings. The first kappa shape index (κ1) is 13.7. The lowest BCUT2D eigenvalue weighted by Crippen LogP contribution is -2.46. The second-order valence-corrected chi connectivity index (χ2v) is 6.05. The first-order chi connectivity index (χ1) is 9.74. The van der Waals surface area contributed by atoms with Crippen LogP contribution in [0.15, 0.2) is 47.1 Å². The number of halogens is 2. The molecule has 0 aliphatic carbocycles. The van der Waals surface area contributed by atoms with Gasteiger partial charge in [-0.15, -0.1) is 0 Å². The van der Waals surface area contributed by atoms with Crippen molar-refractivity contribution in [1.29, 1.82) is 0 Å². The maximum atomic E-state index is 5.93. The molecule has 5 heteroatoms. The average molecular weight is 353 g/mol. The van der Waals surface area contributed by atoms with E-state index in [9.17, 15) is 0 Å². The van der Waals surface area contributed by atoms with Crippen LogP contribution in [0.3, 0.4) is 0 Å². The number of hydrogen-bond donors (Lipinski definition) is 0. The van der Waals surface area contributed by atoms with Crippen molar-refractivity contribution in [3.8, 4) is 0 Å². The third kappa shape index (κ3) is 2.91. The Labute approximate surface area is 132 Å². The van der Waals surface area contributed by atoms with Crippen LogP contribution in [0.4, 0.5) is 11.5 Å². The molecule has 1 fully saturated rings. The van der Waals surface area contributed by atoms with E-state index in [4.69, 9.17) is 11.6 Å². The summed E-state index contributed by atoms with van der Waals surface area (Å²) in [5, 5.41) is 0.782. The summed E-state index contributed by atoms with van der Waals surface area (Å²) in [7, 11) is 0. The monoisotopic (exact) mass is 351 g/mol. The summed E-state index contributed by atoms with van der Waals surface area (Å²) in [5.74, 6) is 1.03. The largest absolute Gasteiger partial charge is 0.368 e. The van der Waals surface area contributed by atoms with Crippen LogP contribution in [-0.2, 0) is 0 Å². The van der Waals surface area contributed by atoms with Crippen molar-refractivity contribution in [2.24, 2.45) is 0 Å². The fourth-order valence-corrected chi connectivity index (χ4v) is 3.07. The van der Waals surface area contributed by atoms with E-state index in [1.54, 1.807) is 0 Å². The minimum Gasteiger partial charge on any atom is -0.368 e. The molecule has 0 atom stereocenters. The van der Waals surface area contributed by atoms with Crippen molar-refractivity contribution in [2.45, 2.75) is 0 Å². The molecule has 20 heavy (non-hydrogen) atoms. The molecule has 1 aromatic carbocycles. The predicted octanol–water partition coefficient (Wildman–Crippen LogP) is 3.82. The lowest BCUT2D eigenvalue weighted by atomic mass is 10.2. The van der Waals surface area contributed by atoms with Gasteiger partial charge >= 0.3 is 0 Å². The Balaban J connectivity index is 1.68. The molecule has 0 radical (unpaired) electrons. The summed E-state index contributed by atoms with van der Waals surface area (Å²) in [6.07, 6.45) is 1.84. The van der Waals surface area contributed by atoms with Crippen LogP contribution in [0.2, 0.25) is 5.02 Å². The zero-order chi connectivity index (χ0) is 13.9. The van der Waals surface area contributed by atoms with E-state index in [1.165, 1.54) is 5.69 Å². The van der Waals surface area contributed by atoms with Crippen LogP contribution in [-0.4, -0.2) is 31.2 Å². The van der Waals surface area contributed by atoms with Crippen LogP contribution in [0.1, 0.15) is 0 Å². The van der Waals surface area contributed by atoms with Crippen LogP contribution in [0, 0.1) is 0 Å². The first-order valence-corrected chi connectivity index (χ1v) is 7.77. The van der Waals surface area contributed by atoms with Crippen LogP contribution in [0.5, 0.6) is 0 Å². The molecule has 1 saturated heterocycles. The average Bonchev–Trinajstić information content (AvgIpc) is 2.49. The number of pyridine rings is 1. The Bertz CT molecular complexity index is 580. The van der Waals surface area contributed by atoms with Crippen LogP contribution in [0.25, 0.3) is 0 Å². The lowest BCUT2D eigenvalue weighted by molar-refractivity contribution is 0.646. The highest BCUT2D eigenvalue weighted by Gasteiger charge is 2.19. The number of rotatable bonds is 2. The van der Waals surface area contributed by atoms with Gasteiger partial charge in [-0.2, -0.15) is 0 Å². The molecule has 1 aromatic heterocycles. The van der Waals surface area contributed by atoms with Gasteiger partial charge in [-0.3, -0.25) is 0 Å². The number of piperazine rings is 1. The van der Waals surface area contributed by atoms with Crippen molar-refractivity contribution in [1.82, 2.24) is 4.98 Å². The van der Waals surface area contributed by atoms with E-state index in [0.717, 1.165) is 41.5 Å². The lowest BCUT2D eigenvalue weighted by Gasteiger charge is -2.37. The van der Waals surface area contributed by atoms with Gasteiger partial charge in [-0.1, -0.05) is 11.6 Å². The summed E-state index contributed by atoms with van der Waals surface area (Å²) < 4.78 is 1.06. The topological polar surface area (TPSA) is 19.4 Å². The Hall–Kier alpha value is -1.26. The van der Waals surface area contributed by atoms with E-state index in [0.29, 0.717) is 0 Å². The second-order valence-electron chi connectivity index (χ2n) is 4.76. The Kier molecular flexibility index (Phi) is 4.13. The van der Waals surface area contributed by atoms with Gasteiger partial charge in [0.05, 0.1) is 4.47 Å². The highest BCUT2D eigenvalue weighted by Crippen LogP contribution is 2.25. The highest BCUT2D eigenvalue weighted by molar-refractivity contribution is 9.10. The number of nitrogens with zero attached hydrogens (tertiary/aromatic N) is 3. The van der Waals surface area contributed by atoms with Crippen LogP contribution < -0.4 is 9.80 Å².